The molecule has 1 N–H and O–H groups in total. The fraction of sp³-hybridized carbons (Fsp3) is 0.0909. The number of halogens is 2. The minimum atomic E-state index is -0.345. The number of amides is 1. The Balaban J connectivity index is 1.75. The first-order valence-corrected chi connectivity index (χ1v) is 9.89. The van der Waals surface area contributed by atoms with E-state index in [4.69, 9.17) is 23.2 Å². The second kappa shape index (κ2) is 8.65. The summed E-state index contributed by atoms with van der Waals surface area (Å²) in [6.45, 7) is 0.524. The zero-order chi connectivity index (χ0) is 21.1. The molecule has 0 saturated carbocycles. The van der Waals surface area contributed by atoms with Gasteiger partial charge in [-0.05, 0) is 35.9 Å². The lowest BCUT2D eigenvalue weighted by Crippen LogP contribution is -2.32. The molecule has 30 heavy (non-hydrogen) atoms. The molecule has 0 spiro atoms. The van der Waals surface area contributed by atoms with Gasteiger partial charge in [0.1, 0.15) is 0 Å². The maximum absolute atomic E-state index is 13.5. The number of fused-ring (bicyclic) bond motifs is 1. The highest BCUT2D eigenvalue weighted by Crippen LogP contribution is 2.24. The Kier molecular flexibility index (Phi) is 5.79. The smallest absolute Gasteiger partial charge is 0.275 e. The Labute approximate surface area is 182 Å². The number of pyridine rings is 1. The molecule has 2 heterocycles. The van der Waals surface area contributed by atoms with E-state index in [-0.39, 0.29) is 30.2 Å². The van der Waals surface area contributed by atoms with Crippen LogP contribution in [0.15, 0.2) is 71.7 Å². The molecule has 4 aromatic rings. The quantitative estimate of drug-likeness (QED) is 0.498. The van der Waals surface area contributed by atoms with E-state index in [1.807, 2.05) is 24.3 Å². The van der Waals surface area contributed by atoms with Crippen LogP contribution >= 0.6 is 23.2 Å². The van der Waals surface area contributed by atoms with Crippen molar-refractivity contribution in [2.45, 2.75) is 13.1 Å². The van der Waals surface area contributed by atoms with Gasteiger partial charge in [-0.25, -0.2) is 5.10 Å². The molecule has 0 bridgehead atoms. The predicted octanol–water partition coefficient (Wildman–Crippen LogP) is 4.47. The molecule has 0 aliphatic carbocycles. The molecule has 0 aliphatic heterocycles. The van der Waals surface area contributed by atoms with Crippen molar-refractivity contribution in [1.82, 2.24) is 20.1 Å². The molecular formula is C22H16Cl2N4O2. The van der Waals surface area contributed by atoms with Crippen molar-refractivity contribution >= 4 is 39.9 Å². The highest BCUT2D eigenvalue weighted by Gasteiger charge is 2.22. The molecule has 0 radical (unpaired) electrons. The van der Waals surface area contributed by atoms with Crippen molar-refractivity contribution in [3.05, 3.63) is 104 Å². The van der Waals surface area contributed by atoms with Crippen LogP contribution in [0.2, 0.25) is 10.0 Å². The van der Waals surface area contributed by atoms with Gasteiger partial charge >= 0.3 is 0 Å². The third-order valence-electron chi connectivity index (χ3n) is 4.62. The van der Waals surface area contributed by atoms with Crippen LogP contribution in [0.5, 0.6) is 0 Å². The van der Waals surface area contributed by atoms with Crippen LogP contribution in [0.1, 0.15) is 21.7 Å². The van der Waals surface area contributed by atoms with Crippen LogP contribution in [0.3, 0.4) is 0 Å². The second-order valence-electron chi connectivity index (χ2n) is 6.68. The molecule has 6 nitrogen and oxygen atoms in total. The van der Waals surface area contributed by atoms with Crippen LogP contribution in [0, 0.1) is 0 Å². The second-order valence-corrected chi connectivity index (χ2v) is 7.49. The standard InChI is InChI=1S/C22H16Cl2N4O2/c23-18-9-8-14(11-19(18)24)12-28(13-15-5-3-4-10-25-15)22(30)20-16-6-1-2-7-17(16)21(29)27-26-20/h1-11H,12-13H2,(H,27,29). The lowest BCUT2D eigenvalue weighted by Gasteiger charge is -2.23. The number of hydrogen-bond acceptors (Lipinski definition) is 4. The molecule has 0 unspecified atom stereocenters. The molecule has 8 heteroatoms. The summed E-state index contributed by atoms with van der Waals surface area (Å²) >= 11 is 12.2. The number of rotatable bonds is 5. The average molecular weight is 439 g/mol. The summed E-state index contributed by atoms with van der Waals surface area (Å²) in [6.07, 6.45) is 1.67. The number of aromatic amines is 1. The summed E-state index contributed by atoms with van der Waals surface area (Å²) in [5.41, 5.74) is 1.35. The van der Waals surface area contributed by atoms with Gasteiger partial charge in [0.05, 0.1) is 27.7 Å². The predicted molar refractivity (Wildman–Crippen MR) is 117 cm³/mol. The topological polar surface area (TPSA) is 79.0 Å². The zero-order valence-corrected chi connectivity index (χ0v) is 17.2. The summed E-state index contributed by atoms with van der Waals surface area (Å²) in [4.78, 5) is 31.5. The van der Waals surface area contributed by atoms with E-state index in [1.165, 1.54) is 0 Å². The van der Waals surface area contributed by atoms with Crippen molar-refractivity contribution < 1.29 is 4.79 Å². The normalized spacial score (nSPS) is 10.9. The van der Waals surface area contributed by atoms with E-state index >= 15 is 0 Å². The van der Waals surface area contributed by atoms with Crippen molar-refractivity contribution in [3.8, 4) is 0 Å². The highest BCUT2D eigenvalue weighted by molar-refractivity contribution is 6.42. The van der Waals surface area contributed by atoms with Gasteiger partial charge in [-0.2, -0.15) is 5.10 Å². The fourth-order valence-corrected chi connectivity index (χ4v) is 3.49. The number of nitrogens with zero attached hydrogens (tertiary/aromatic N) is 3. The number of H-pyrrole nitrogens is 1. The van der Waals surface area contributed by atoms with E-state index in [9.17, 15) is 9.59 Å². The minimum Gasteiger partial charge on any atom is -0.327 e. The maximum Gasteiger partial charge on any atom is 0.275 e. The minimum absolute atomic E-state index is 0.168. The van der Waals surface area contributed by atoms with Gasteiger partial charge in [0.15, 0.2) is 5.69 Å². The van der Waals surface area contributed by atoms with Gasteiger partial charge in [0.2, 0.25) is 0 Å². The average Bonchev–Trinajstić information content (AvgIpc) is 2.76. The van der Waals surface area contributed by atoms with Gasteiger partial charge in [0.25, 0.3) is 11.5 Å². The van der Waals surface area contributed by atoms with Gasteiger partial charge in [0, 0.05) is 18.1 Å². The molecule has 2 aromatic carbocycles. The fourth-order valence-electron chi connectivity index (χ4n) is 3.17. The Morgan fingerprint density at radius 1 is 0.933 bits per heavy atom. The van der Waals surface area contributed by atoms with E-state index in [1.54, 1.807) is 47.5 Å². The van der Waals surface area contributed by atoms with E-state index < -0.39 is 0 Å². The van der Waals surface area contributed by atoms with Crippen molar-refractivity contribution in [1.29, 1.82) is 0 Å². The molecule has 0 aliphatic rings. The van der Waals surface area contributed by atoms with Crippen LogP contribution in [0.4, 0.5) is 0 Å². The van der Waals surface area contributed by atoms with E-state index in [0.29, 0.717) is 20.8 Å². The summed E-state index contributed by atoms with van der Waals surface area (Å²) in [5.74, 6) is -0.334. The Hall–Kier alpha value is -3.22. The third-order valence-corrected chi connectivity index (χ3v) is 5.36. The number of aromatic nitrogens is 3. The first-order chi connectivity index (χ1) is 14.5. The summed E-state index contributed by atoms with van der Waals surface area (Å²) in [5, 5.41) is 8.21. The largest absolute Gasteiger partial charge is 0.327 e. The molecule has 2 aromatic heterocycles. The molecule has 0 saturated heterocycles. The third kappa shape index (κ3) is 4.20. The van der Waals surface area contributed by atoms with Gasteiger partial charge in [-0.3, -0.25) is 14.6 Å². The lowest BCUT2D eigenvalue weighted by molar-refractivity contribution is 0.0723. The van der Waals surface area contributed by atoms with Crippen molar-refractivity contribution in [2.24, 2.45) is 0 Å². The molecular weight excluding hydrogens is 423 g/mol. The Bertz CT molecular complexity index is 1280. The number of benzene rings is 2. The number of nitrogens with one attached hydrogen (secondary N) is 1. The lowest BCUT2D eigenvalue weighted by atomic mass is 10.1. The van der Waals surface area contributed by atoms with Crippen molar-refractivity contribution in [2.75, 3.05) is 0 Å². The highest BCUT2D eigenvalue weighted by atomic mass is 35.5. The first kappa shape index (κ1) is 20.1. The first-order valence-electron chi connectivity index (χ1n) is 9.13. The monoisotopic (exact) mass is 438 g/mol. The maximum atomic E-state index is 13.5. The zero-order valence-electron chi connectivity index (χ0n) is 15.7. The summed E-state index contributed by atoms with van der Waals surface area (Å²) in [6, 6.07) is 17.6. The Morgan fingerprint density at radius 3 is 2.43 bits per heavy atom. The number of carbonyl (C=O) groups is 1. The molecule has 150 valence electrons. The van der Waals surface area contributed by atoms with Crippen LogP contribution in [-0.2, 0) is 13.1 Å². The van der Waals surface area contributed by atoms with Gasteiger partial charge in [-0.1, -0.05) is 53.5 Å². The number of hydrogen-bond donors (Lipinski definition) is 1. The Morgan fingerprint density at radius 2 is 1.70 bits per heavy atom. The summed E-state index contributed by atoms with van der Waals surface area (Å²) in [7, 11) is 0. The van der Waals surface area contributed by atoms with E-state index in [0.717, 1.165) is 11.3 Å². The van der Waals surface area contributed by atoms with Crippen LogP contribution < -0.4 is 5.56 Å². The number of carbonyl (C=O) groups excluding carboxylic acids is 1. The molecule has 4 rings (SSSR count). The molecule has 0 atom stereocenters. The molecule has 1 amide bonds. The SMILES string of the molecule is O=C(c1n[nH]c(=O)c2ccccc12)N(Cc1ccc(Cl)c(Cl)c1)Cc1ccccn1. The van der Waals surface area contributed by atoms with Gasteiger partial charge < -0.3 is 4.90 Å². The molecule has 0 fully saturated rings. The van der Waals surface area contributed by atoms with Crippen molar-refractivity contribution in [3.63, 3.8) is 0 Å². The van der Waals surface area contributed by atoms with E-state index in [2.05, 4.69) is 15.2 Å². The van der Waals surface area contributed by atoms with Crippen LogP contribution in [0.25, 0.3) is 10.8 Å². The van der Waals surface area contributed by atoms with Gasteiger partial charge in [-0.15, -0.1) is 0 Å². The van der Waals surface area contributed by atoms with Crippen LogP contribution in [-0.4, -0.2) is 26.0 Å². The summed E-state index contributed by atoms with van der Waals surface area (Å²) < 4.78 is 0.